The van der Waals surface area contributed by atoms with Gasteiger partial charge in [0.15, 0.2) is 8.32 Å². The SMILES string of the molecule is CC1(C)OB(c2ccc(N3CCC(O[Si](C)(C)C(C)(C)C)C3)nc2OC(F)F)OC1(C)C. The lowest BCUT2D eigenvalue weighted by molar-refractivity contribution is -0.0521. The minimum absolute atomic E-state index is 0.0972. The van der Waals surface area contributed by atoms with Gasteiger partial charge in [0.05, 0.1) is 17.3 Å². The number of hydrogen-bond donors (Lipinski definition) is 0. The second kappa shape index (κ2) is 8.52. The third-order valence-corrected chi connectivity index (χ3v) is 11.9. The molecule has 10 heteroatoms. The number of anilines is 1. The Morgan fingerprint density at radius 1 is 1.16 bits per heavy atom. The first-order valence-corrected chi connectivity index (χ1v) is 14.2. The highest BCUT2D eigenvalue weighted by molar-refractivity contribution is 6.74. The Hall–Kier alpha value is -1.23. The Labute approximate surface area is 192 Å². The Bertz CT molecular complexity index is 817. The lowest BCUT2D eigenvalue weighted by atomic mass is 9.79. The lowest BCUT2D eigenvalue weighted by Crippen LogP contribution is -2.44. The molecule has 0 spiro atoms. The van der Waals surface area contributed by atoms with E-state index in [0.29, 0.717) is 17.8 Å². The summed E-state index contributed by atoms with van der Waals surface area (Å²) < 4.78 is 49.8. The number of pyridine rings is 1. The maximum Gasteiger partial charge on any atom is 0.500 e. The van der Waals surface area contributed by atoms with Crippen molar-refractivity contribution >= 4 is 26.7 Å². The van der Waals surface area contributed by atoms with Crippen LogP contribution in [0.4, 0.5) is 14.6 Å². The van der Waals surface area contributed by atoms with Crippen LogP contribution in [0.5, 0.6) is 5.88 Å². The summed E-state index contributed by atoms with van der Waals surface area (Å²) in [6.07, 6.45) is 0.970. The largest absolute Gasteiger partial charge is 0.500 e. The van der Waals surface area contributed by atoms with Crippen molar-refractivity contribution in [1.29, 1.82) is 0 Å². The van der Waals surface area contributed by atoms with Crippen molar-refractivity contribution in [3.63, 3.8) is 0 Å². The molecule has 1 aromatic heterocycles. The van der Waals surface area contributed by atoms with Crippen molar-refractivity contribution in [2.75, 3.05) is 18.0 Å². The maximum atomic E-state index is 13.2. The molecule has 0 saturated carbocycles. The summed E-state index contributed by atoms with van der Waals surface area (Å²) in [6.45, 7) is 17.2. The summed E-state index contributed by atoms with van der Waals surface area (Å²) in [5.41, 5.74) is -0.829. The standard InChI is InChI=1S/C22H37BF2N2O4Si/c1-20(2,3)32(8,9)29-15-12-13-27(14-15)17-11-10-16(18(26-17)28-19(24)25)23-30-21(4,5)22(6,7)31-23/h10-11,15,19H,12-14H2,1-9H3. The van der Waals surface area contributed by atoms with E-state index in [1.54, 1.807) is 6.07 Å². The first kappa shape index (κ1) is 25.4. The van der Waals surface area contributed by atoms with E-state index < -0.39 is 33.2 Å². The van der Waals surface area contributed by atoms with Crippen molar-refractivity contribution in [3.8, 4) is 5.88 Å². The van der Waals surface area contributed by atoms with Gasteiger partial charge in [-0.1, -0.05) is 26.8 Å². The van der Waals surface area contributed by atoms with Gasteiger partial charge in [-0.2, -0.15) is 13.8 Å². The number of hydrogen-bond acceptors (Lipinski definition) is 6. The normalized spacial score (nSPS) is 23.3. The van der Waals surface area contributed by atoms with Crippen LogP contribution in [-0.2, 0) is 13.7 Å². The molecule has 0 amide bonds. The summed E-state index contributed by atoms with van der Waals surface area (Å²) in [7, 11) is -2.72. The van der Waals surface area contributed by atoms with E-state index in [-0.39, 0.29) is 17.0 Å². The Morgan fingerprint density at radius 2 is 1.75 bits per heavy atom. The minimum atomic E-state index is -2.99. The van der Waals surface area contributed by atoms with Gasteiger partial charge < -0.3 is 23.4 Å². The van der Waals surface area contributed by atoms with Crippen LogP contribution in [0, 0.1) is 0 Å². The number of aromatic nitrogens is 1. The van der Waals surface area contributed by atoms with E-state index in [0.717, 1.165) is 13.0 Å². The molecule has 3 heterocycles. The molecule has 180 valence electrons. The number of halogens is 2. The smallest absolute Gasteiger partial charge is 0.417 e. The average molecular weight is 470 g/mol. The summed E-state index contributed by atoms with van der Waals surface area (Å²) >= 11 is 0. The monoisotopic (exact) mass is 470 g/mol. The Balaban J connectivity index is 1.80. The predicted octanol–water partition coefficient (Wildman–Crippen LogP) is 4.58. The van der Waals surface area contributed by atoms with Gasteiger partial charge in [-0.15, -0.1) is 0 Å². The molecule has 0 aliphatic carbocycles. The molecule has 2 aliphatic heterocycles. The van der Waals surface area contributed by atoms with Crippen LogP contribution in [0.25, 0.3) is 0 Å². The van der Waals surface area contributed by atoms with E-state index in [9.17, 15) is 8.78 Å². The Kier molecular flexibility index (Phi) is 6.76. The quantitative estimate of drug-likeness (QED) is 0.568. The highest BCUT2D eigenvalue weighted by Gasteiger charge is 2.53. The van der Waals surface area contributed by atoms with Crippen molar-refractivity contribution in [3.05, 3.63) is 12.1 Å². The maximum absolute atomic E-state index is 13.2. The second-order valence-electron chi connectivity index (χ2n) is 11.3. The number of rotatable bonds is 6. The summed E-state index contributed by atoms with van der Waals surface area (Å²) in [5, 5.41) is 0.126. The molecular formula is C22H37BF2N2O4Si. The highest BCUT2D eigenvalue weighted by Crippen LogP contribution is 2.39. The zero-order valence-corrected chi connectivity index (χ0v) is 21.8. The fraction of sp³-hybridized carbons (Fsp3) is 0.773. The van der Waals surface area contributed by atoms with Gasteiger partial charge >= 0.3 is 13.7 Å². The van der Waals surface area contributed by atoms with Crippen LogP contribution in [0.2, 0.25) is 18.1 Å². The highest BCUT2D eigenvalue weighted by atomic mass is 28.4. The molecule has 32 heavy (non-hydrogen) atoms. The van der Waals surface area contributed by atoms with Crippen molar-refractivity contribution in [1.82, 2.24) is 4.98 Å². The third kappa shape index (κ3) is 5.13. The van der Waals surface area contributed by atoms with E-state index in [2.05, 4.69) is 43.7 Å². The fourth-order valence-corrected chi connectivity index (χ4v) is 4.95. The molecule has 0 aromatic carbocycles. The second-order valence-corrected chi connectivity index (χ2v) is 16.0. The number of ether oxygens (including phenoxy) is 1. The lowest BCUT2D eigenvalue weighted by Gasteiger charge is -2.38. The van der Waals surface area contributed by atoms with Crippen molar-refractivity contribution in [2.45, 2.75) is 96.9 Å². The zero-order chi connectivity index (χ0) is 24.1. The van der Waals surface area contributed by atoms with Gasteiger partial charge in [0.2, 0.25) is 5.88 Å². The molecule has 0 N–H and O–H groups in total. The minimum Gasteiger partial charge on any atom is -0.417 e. The molecule has 0 bridgehead atoms. The third-order valence-electron chi connectivity index (χ3n) is 7.32. The number of alkyl halides is 2. The zero-order valence-electron chi connectivity index (χ0n) is 20.8. The summed E-state index contributed by atoms with van der Waals surface area (Å²) in [5.74, 6) is 0.423. The molecule has 2 fully saturated rings. The van der Waals surface area contributed by atoms with Crippen LogP contribution in [0.15, 0.2) is 12.1 Å². The van der Waals surface area contributed by atoms with Crippen LogP contribution in [-0.4, -0.2) is 57.4 Å². The fourth-order valence-electron chi connectivity index (χ4n) is 3.57. The summed E-state index contributed by atoms with van der Waals surface area (Å²) in [6, 6.07) is 3.53. The van der Waals surface area contributed by atoms with Gasteiger partial charge in [0.25, 0.3) is 0 Å². The van der Waals surface area contributed by atoms with E-state index >= 15 is 0 Å². The summed E-state index contributed by atoms with van der Waals surface area (Å²) in [4.78, 5) is 6.49. The van der Waals surface area contributed by atoms with Gasteiger partial charge in [-0.05, 0) is 58.3 Å². The van der Waals surface area contributed by atoms with Crippen LogP contribution < -0.4 is 15.1 Å². The molecule has 3 rings (SSSR count). The molecule has 6 nitrogen and oxygen atoms in total. The van der Waals surface area contributed by atoms with E-state index in [1.165, 1.54) is 0 Å². The Morgan fingerprint density at radius 3 is 2.28 bits per heavy atom. The van der Waals surface area contributed by atoms with Crippen LogP contribution in [0.1, 0.15) is 54.9 Å². The predicted molar refractivity (Wildman–Crippen MR) is 125 cm³/mol. The van der Waals surface area contributed by atoms with Crippen LogP contribution in [0.3, 0.4) is 0 Å². The molecule has 1 unspecified atom stereocenters. The molecule has 2 aliphatic rings. The first-order chi connectivity index (χ1) is 14.5. The average Bonchev–Trinajstić information content (AvgIpc) is 3.14. The van der Waals surface area contributed by atoms with Gasteiger partial charge in [-0.25, -0.2) is 0 Å². The molecule has 0 radical (unpaired) electrons. The molecule has 1 aromatic rings. The van der Waals surface area contributed by atoms with Gasteiger partial charge in [-0.3, -0.25) is 0 Å². The first-order valence-electron chi connectivity index (χ1n) is 11.3. The van der Waals surface area contributed by atoms with Gasteiger partial charge in [0.1, 0.15) is 5.82 Å². The van der Waals surface area contributed by atoms with Crippen molar-refractivity contribution in [2.24, 2.45) is 0 Å². The van der Waals surface area contributed by atoms with E-state index in [4.69, 9.17) is 18.5 Å². The topological polar surface area (TPSA) is 53.1 Å². The van der Waals surface area contributed by atoms with Crippen molar-refractivity contribution < 1.29 is 27.3 Å². The number of nitrogens with zero attached hydrogens (tertiary/aromatic N) is 2. The van der Waals surface area contributed by atoms with Crippen LogP contribution >= 0.6 is 0 Å². The molecule has 2 saturated heterocycles. The van der Waals surface area contributed by atoms with E-state index in [1.807, 2.05) is 33.8 Å². The molecule has 1 atom stereocenters. The van der Waals surface area contributed by atoms with Gasteiger partial charge in [0, 0.05) is 18.6 Å². The molecular weight excluding hydrogens is 433 g/mol.